The van der Waals surface area contributed by atoms with E-state index in [2.05, 4.69) is 26.6 Å². The van der Waals surface area contributed by atoms with Crippen LogP contribution in [0.1, 0.15) is 34.6 Å². The van der Waals surface area contributed by atoms with E-state index in [1.807, 2.05) is 0 Å². The summed E-state index contributed by atoms with van der Waals surface area (Å²) in [6, 6.07) is -9.57. The van der Waals surface area contributed by atoms with Gasteiger partial charge in [-0.2, -0.15) is 0 Å². The van der Waals surface area contributed by atoms with Crippen LogP contribution in [-0.4, -0.2) is 540 Å². The van der Waals surface area contributed by atoms with Crippen LogP contribution in [0.5, 0.6) is 0 Å². The van der Waals surface area contributed by atoms with Crippen LogP contribution in [0.25, 0.3) is 0 Å². The molecule has 10 fully saturated rings. The van der Waals surface area contributed by atoms with Crippen molar-refractivity contribution < 1.29 is 252 Å². The van der Waals surface area contributed by atoms with Gasteiger partial charge in [0, 0.05) is 34.6 Å². The Morgan fingerprint density at radius 3 is 0.802 bits per heavy atom. The Hall–Kier alpha value is -4.49. The Morgan fingerprint density at radius 2 is 0.444 bits per heavy atom. The SMILES string of the molecule is CC(=O)N[C@H]1[C@H](O[C@H]2[C@H](O)[C@@H](NC(C)=O)C(O)O[C@@H]2CO)O[C@H](CO)[C@@H](O[C@@H]2O[C@H](CO[C@H]3O[C@H](CO)[C@@H](O)[C@H](O)[C@@H]3O[C@@H]3O[C@H](CO)[C@@H](O[C@@H]4O[C@H](CO)[C@H](O)[C@H](O)[C@H]4O)[C@H](O)[C@H]3NC(C)=O)[C@@H](O)[C@H](O[C@H]3O[C@H](CO)[C@@H](O[C@@H]4O[C@H](CO)[C@@H](O)[C@H](O)[C@H]4NC(C)=O)[C@H](O)[C@@H]3O[C@@H]3O[C@H](CO)[C@@H](O[C@@H]4O[C@H](CO)[C@H](O)[C@H](O)[C@H]4O)[C@H](O)[C@H]3NC(C)=O)[C@@H]2O)[C@@H]1O. The molecule has 10 aliphatic rings. The van der Waals surface area contributed by atoms with Crippen LogP contribution in [0.4, 0.5) is 0 Å². The van der Waals surface area contributed by atoms with Gasteiger partial charge in [-0.25, -0.2) is 0 Å². The Bertz CT molecular complexity index is 3440. The van der Waals surface area contributed by atoms with E-state index in [9.17, 15) is 162 Å². The van der Waals surface area contributed by atoms with E-state index in [-0.39, 0.29) is 0 Å². The smallest absolute Gasteiger partial charge is 0.217 e. The van der Waals surface area contributed by atoms with Crippen LogP contribution in [0, 0.1) is 0 Å². The van der Waals surface area contributed by atoms with Crippen molar-refractivity contribution in [1.29, 1.82) is 0 Å². The normalized spacial score (nSPS) is 48.4. The molecular weight excluding hydrogens is 1730 g/mol. The van der Waals surface area contributed by atoms with Gasteiger partial charge in [0.2, 0.25) is 29.5 Å². The van der Waals surface area contributed by atoms with Crippen molar-refractivity contribution >= 4 is 29.5 Å². The number of hydrogen-bond donors (Lipinski definition) is 32. The maximum atomic E-state index is 13.3. The van der Waals surface area contributed by atoms with Crippen LogP contribution in [0.15, 0.2) is 0 Å². The van der Waals surface area contributed by atoms with E-state index in [1.165, 1.54) is 0 Å². The largest absolute Gasteiger partial charge is 0.394 e. The minimum atomic E-state index is -2.70. The molecule has 56 heteroatoms. The molecule has 10 aliphatic heterocycles. The average Bonchev–Trinajstić information content (AvgIpc) is 0.760. The van der Waals surface area contributed by atoms with Crippen molar-refractivity contribution in [2.75, 3.05) is 66.1 Å². The van der Waals surface area contributed by atoms with Gasteiger partial charge in [-0.05, 0) is 0 Å². The zero-order valence-corrected chi connectivity index (χ0v) is 67.8. The quantitative estimate of drug-likeness (QED) is 0.0290. The fraction of sp³-hybridized carbons (Fsp3) is 0.929. The first-order valence-electron chi connectivity index (χ1n) is 40.1. The molecule has 0 radical (unpaired) electrons. The van der Waals surface area contributed by atoms with E-state index in [1.54, 1.807) is 0 Å². The van der Waals surface area contributed by atoms with E-state index in [0.717, 1.165) is 34.6 Å². The Morgan fingerprint density at radius 1 is 0.206 bits per heavy atom. The molecule has 56 nitrogen and oxygen atoms in total. The number of carbonyl (C=O) groups excluding carboxylic acids is 5. The third kappa shape index (κ3) is 22.9. The van der Waals surface area contributed by atoms with Gasteiger partial charge >= 0.3 is 0 Å². The standard InChI is InChI=1S/C70H117N5O51/c1-16(85)71-31-42(96)53(25(10-80)109-61(31)107)119-63-33(73-18(3)87)43(97)56(28(13-83)114-63)123-68-52(106)58(40(94)30(118-68)15-108-69-59(48(102)39(93)24(9-79)113-69)125-64-34(74-19(4)88)44(98)54(26(11-81)115-64)121-66-49(103)46(100)37(91)22(7-77)111-66)124-70-60(51(105)57(29(14-84)117-70)120-62-32(72-17(2)86)41(95)36(90)21(6-76)110-62)126-65-35(75-20(5)89)45(99)55(27(12-82)116-65)122-67-50(104)47(101)38(92)23(8-78)112-67/h21-70,76-84,90-107H,6-15H2,1-5H3,(H,71,85)(H,72,86)(H,73,87)(H,74,88)(H,75,89)/t21-,22-,23-,24-,25-,26-,27-,28-,29-,30-,31-,32-,33-,34-,35-,36-,37+,38+,39-,40-,41-,42-,43-,44-,45-,46+,47+,48+,49-,50-,51+,52+,53-,54-,55-,56-,57-,58+,59+,60+,61?,62+,63+,64+,65+,66+,67+,68+,69+,70-/m1/s1. The van der Waals surface area contributed by atoms with Crippen LogP contribution >= 0.6 is 0 Å². The Balaban J connectivity index is 1.04. The number of hydrogen-bond acceptors (Lipinski definition) is 51. The molecule has 10 rings (SSSR count). The second-order valence-electron chi connectivity index (χ2n) is 31.7. The molecule has 10 heterocycles. The summed E-state index contributed by atoms with van der Waals surface area (Å²) in [7, 11) is 0. The molecule has 0 aliphatic carbocycles. The van der Waals surface area contributed by atoms with Gasteiger partial charge in [-0.1, -0.05) is 0 Å². The fourth-order valence-electron chi connectivity index (χ4n) is 16.3. The van der Waals surface area contributed by atoms with Crippen LogP contribution < -0.4 is 26.6 Å². The highest BCUT2D eigenvalue weighted by Crippen LogP contribution is 2.41. The van der Waals surface area contributed by atoms with Gasteiger partial charge < -0.3 is 254 Å². The van der Waals surface area contributed by atoms with Crippen LogP contribution in [-0.2, 0) is 114 Å². The van der Waals surface area contributed by atoms with Crippen molar-refractivity contribution in [3.63, 3.8) is 0 Å². The van der Waals surface area contributed by atoms with Gasteiger partial charge in [0.05, 0.1) is 66.1 Å². The number of ether oxygens (including phenoxy) is 19. The number of aliphatic hydroxyl groups excluding tert-OH is 27. The summed E-state index contributed by atoms with van der Waals surface area (Å²) in [5.41, 5.74) is 0. The second-order valence-corrected chi connectivity index (χ2v) is 31.7. The number of amides is 5. The summed E-state index contributed by atoms with van der Waals surface area (Å²) in [6.07, 6.45) is -96.4. The third-order valence-electron chi connectivity index (χ3n) is 22.9. The van der Waals surface area contributed by atoms with Gasteiger partial charge in [0.15, 0.2) is 62.9 Å². The van der Waals surface area contributed by atoms with E-state index in [0.29, 0.717) is 0 Å². The maximum absolute atomic E-state index is 13.3. The van der Waals surface area contributed by atoms with Crippen molar-refractivity contribution in [2.24, 2.45) is 0 Å². The molecule has 50 atom stereocenters. The van der Waals surface area contributed by atoms with Gasteiger partial charge in [-0.3, -0.25) is 24.0 Å². The molecule has 10 saturated heterocycles. The third-order valence-corrected chi connectivity index (χ3v) is 22.9. The predicted octanol–water partition coefficient (Wildman–Crippen LogP) is -22.1. The van der Waals surface area contributed by atoms with Crippen LogP contribution in [0.3, 0.4) is 0 Å². The molecule has 728 valence electrons. The highest BCUT2D eigenvalue weighted by molar-refractivity contribution is 5.75. The zero-order valence-electron chi connectivity index (χ0n) is 67.8. The minimum Gasteiger partial charge on any atom is -0.394 e. The first kappa shape index (κ1) is 104. The van der Waals surface area contributed by atoms with Gasteiger partial charge in [0.25, 0.3) is 0 Å². The van der Waals surface area contributed by atoms with E-state index in [4.69, 9.17) is 90.0 Å². The highest BCUT2D eigenvalue weighted by atomic mass is 16.8. The van der Waals surface area contributed by atoms with Crippen molar-refractivity contribution in [3.05, 3.63) is 0 Å². The molecule has 0 saturated carbocycles. The summed E-state index contributed by atoms with van der Waals surface area (Å²) in [5.74, 6) is -4.70. The Kier molecular flexibility index (Phi) is 37.4. The lowest BCUT2D eigenvalue weighted by molar-refractivity contribution is -0.405. The predicted molar refractivity (Wildman–Crippen MR) is 388 cm³/mol. The topological polar surface area (TPSA) is 867 Å². The number of carbonyl (C=O) groups is 5. The molecule has 0 bridgehead atoms. The van der Waals surface area contributed by atoms with E-state index >= 15 is 0 Å². The number of nitrogens with one attached hydrogen (secondary N) is 5. The molecule has 1 unspecified atom stereocenters. The summed E-state index contributed by atoms with van der Waals surface area (Å²) in [4.78, 5) is 64.4. The fourth-order valence-corrected chi connectivity index (χ4v) is 16.3. The summed E-state index contributed by atoms with van der Waals surface area (Å²) in [5, 5.41) is 315. The molecular formula is C70H117N5O51. The van der Waals surface area contributed by atoms with Gasteiger partial charge in [0.1, 0.15) is 244 Å². The van der Waals surface area contributed by atoms with Crippen LogP contribution in [0.2, 0.25) is 0 Å². The zero-order chi connectivity index (χ0) is 92.8. The number of aliphatic hydroxyl groups is 27. The lowest BCUT2D eigenvalue weighted by Gasteiger charge is -2.52. The van der Waals surface area contributed by atoms with Crippen molar-refractivity contribution in [2.45, 2.75) is 341 Å². The van der Waals surface area contributed by atoms with E-state index < -0.39 is 402 Å². The summed E-state index contributed by atoms with van der Waals surface area (Å²) in [6.45, 7) is -6.79. The second kappa shape index (κ2) is 45.5. The number of rotatable bonds is 33. The monoisotopic (exact) mass is 1840 g/mol. The lowest BCUT2D eigenvalue weighted by atomic mass is 9.93. The molecule has 0 aromatic heterocycles. The first-order valence-corrected chi connectivity index (χ1v) is 40.1. The summed E-state index contributed by atoms with van der Waals surface area (Å²) >= 11 is 0. The molecule has 126 heavy (non-hydrogen) atoms. The molecule has 0 spiro atoms. The molecule has 0 aromatic rings. The van der Waals surface area contributed by atoms with Crippen molar-refractivity contribution in [1.82, 2.24) is 26.6 Å². The van der Waals surface area contributed by atoms with Gasteiger partial charge in [-0.15, -0.1) is 0 Å². The minimum absolute atomic E-state index is 0.814. The highest BCUT2D eigenvalue weighted by Gasteiger charge is 2.62. The average molecular weight is 1840 g/mol. The first-order chi connectivity index (χ1) is 59.6. The maximum Gasteiger partial charge on any atom is 0.217 e. The molecule has 0 aromatic carbocycles. The van der Waals surface area contributed by atoms with Crippen molar-refractivity contribution in [3.8, 4) is 0 Å². The molecule has 5 amide bonds. The lowest BCUT2D eigenvalue weighted by Crippen LogP contribution is -2.71. The molecule has 32 N–H and O–H groups in total. The summed E-state index contributed by atoms with van der Waals surface area (Å²) < 4.78 is 114. The Labute approximate surface area is 713 Å².